The molecule has 1 aromatic carbocycles. The first-order valence-electron chi connectivity index (χ1n) is 7.70. The second-order valence-corrected chi connectivity index (χ2v) is 7.20. The Bertz CT molecular complexity index is 562. The van der Waals surface area contributed by atoms with Gasteiger partial charge in [-0.05, 0) is 39.0 Å². The van der Waals surface area contributed by atoms with Crippen molar-refractivity contribution in [1.29, 1.82) is 0 Å². The third kappa shape index (κ3) is 5.03. The Labute approximate surface area is 137 Å². The minimum absolute atomic E-state index is 0.165. The normalized spacial score (nSPS) is 16.2. The van der Waals surface area contributed by atoms with Crippen LogP contribution in [-0.2, 0) is 9.47 Å². The molecule has 2 N–H and O–H groups in total. The highest BCUT2D eigenvalue weighted by atomic mass is 16.6. The summed E-state index contributed by atoms with van der Waals surface area (Å²) in [4.78, 5) is 12.0. The molecule has 1 saturated heterocycles. The molecule has 0 aliphatic carbocycles. The molecule has 23 heavy (non-hydrogen) atoms. The predicted octanol–water partition coefficient (Wildman–Crippen LogP) is 3.49. The van der Waals surface area contributed by atoms with Crippen LogP contribution in [-0.4, -0.2) is 38.6 Å². The molecular formula is C17H26N2O4. The standard InChI is InChI=1S/C17H26N2O4/c1-16(2,3)23-15(20)19-13-8-12(6-7-14(13)21-5)18-9-17(4)10-22-11-17/h6-8,18H,9-11H2,1-5H3,(H,19,20). The maximum atomic E-state index is 12.0. The van der Waals surface area contributed by atoms with E-state index in [1.807, 2.05) is 39.0 Å². The van der Waals surface area contributed by atoms with Gasteiger partial charge >= 0.3 is 6.09 Å². The van der Waals surface area contributed by atoms with Crippen molar-refractivity contribution in [2.45, 2.75) is 33.3 Å². The monoisotopic (exact) mass is 322 g/mol. The number of hydrogen-bond acceptors (Lipinski definition) is 5. The first-order chi connectivity index (χ1) is 10.7. The molecule has 0 aromatic heterocycles. The van der Waals surface area contributed by atoms with Gasteiger partial charge in [-0.3, -0.25) is 5.32 Å². The van der Waals surface area contributed by atoms with Crippen molar-refractivity contribution in [3.05, 3.63) is 18.2 Å². The summed E-state index contributed by atoms with van der Waals surface area (Å²) in [5.74, 6) is 0.583. The van der Waals surface area contributed by atoms with E-state index >= 15 is 0 Å². The molecular weight excluding hydrogens is 296 g/mol. The van der Waals surface area contributed by atoms with Gasteiger partial charge in [-0.1, -0.05) is 6.92 Å². The molecule has 0 bridgehead atoms. The van der Waals surface area contributed by atoms with Gasteiger partial charge < -0.3 is 19.5 Å². The van der Waals surface area contributed by atoms with Crippen LogP contribution >= 0.6 is 0 Å². The summed E-state index contributed by atoms with van der Waals surface area (Å²) in [5, 5.41) is 6.11. The number of carbonyl (C=O) groups excluding carboxylic acids is 1. The number of anilines is 2. The molecule has 128 valence electrons. The summed E-state index contributed by atoms with van der Waals surface area (Å²) in [5.41, 5.74) is 1.09. The molecule has 0 saturated carbocycles. The number of carbonyl (C=O) groups is 1. The first kappa shape index (κ1) is 17.4. The van der Waals surface area contributed by atoms with Crippen molar-refractivity contribution < 1.29 is 19.0 Å². The minimum Gasteiger partial charge on any atom is -0.495 e. The molecule has 0 radical (unpaired) electrons. The molecule has 1 aliphatic heterocycles. The van der Waals surface area contributed by atoms with E-state index in [9.17, 15) is 4.79 Å². The molecule has 0 spiro atoms. The maximum absolute atomic E-state index is 12.0. The van der Waals surface area contributed by atoms with Crippen LogP contribution < -0.4 is 15.4 Å². The van der Waals surface area contributed by atoms with Gasteiger partial charge in [0, 0.05) is 17.6 Å². The number of benzene rings is 1. The molecule has 6 nitrogen and oxygen atoms in total. The average Bonchev–Trinajstić information content (AvgIpc) is 2.41. The van der Waals surface area contributed by atoms with Gasteiger partial charge in [0.1, 0.15) is 11.4 Å². The fourth-order valence-corrected chi connectivity index (χ4v) is 2.20. The SMILES string of the molecule is COc1ccc(NCC2(C)COC2)cc1NC(=O)OC(C)(C)C. The lowest BCUT2D eigenvalue weighted by molar-refractivity contribution is -0.0924. The Balaban J connectivity index is 2.04. The quantitative estimate of drug-likeness (QED) is 0.868. The van der Waals surface area contributed by atoms with Crippen LogP contribution in [0.25, 0.3) is 0 Å². The van der Waals surface area contributed by atoms with Crippen molar-refractivity contribution in [2.75, 3.05) is 37.5 Å². The Morgan fingerprint density at radius 3 is 2.57 bits per heavy atom. The number of methoxy groups -OCH3 is 1. The zero-order valence-electron chi connectivity index (χ0n) is 14.5. The van der Waals surface area contributed by atoms with Crippen LogP contribution in [0.15, 0.2) is 18.2 Å². The van der Waals surface area contributed by atoms with Crippen molar-refractivity contribution in [2.24, 2.45) is 5.41 Å². The van der Waals surface area contributed by atoms with E-state index < -0.39 is 11.7 Å². The van der Waals surface area contributed by atoms with E-state index in [1.54, 1.807) is 7.11 Å². The summed E-state index contributed by atoms with van der Waals surface area (Å²) in [6.45, 7) is 9.98. The Hall–Kier alpha value is -1.95. The summed E-state index contributed by atoms with van der Waals surface area (Å²) in [7, 11) is 1.56. The number of ether oxygens (including phenoxy) is 3. The van der Waals surface area contributed by atoms with Gasteiger partial charge in [0.25, 0.3) is 0 Å². The van der Waals surface area contributed by atoms with Crippen LogP contribution in [0, 0.1) is 5.41 Å². The lowest BCUT2D eigenvalue weighted by Crippen LogP contribution is -2.45. The fraction of sp³-hybridized carbons (Fsp3) is 0.588. The fourth-order valence-electron chi connectivity index (χ4n) is 2.20. The number of hydrogen-bond donors (Lipinski definition) is 2. The molecule has 1 amide bonds. The van der Waals surface area contributed by atoms with Crippen molar-refractivity contribution in [3.63, 3.8) is 0 Å². The average molecular weight is 322 g/mol. The molecule has 2 rings (SSSR count). The molecule has 1 aliphatic rings. The van der Waals surface area contributed by atoms with Gasteiger partial charge in [0.2, 0.25) is 0 Å². The zero-order chi connectivity index (χ0) is 17.1. The predicted molar refractivity (Wildman–Crippen MR) is 90.3 cm³/mol. The van der Waals surface area contributed by atoms with Crippen LogP contribution in [0.3, 0.4) is 0 Å². The van der Waals surface area contributed by atoms with Gasteiger partial charge in [0.05, 0.1) is 26.0 Å². The van der Waals surface area contributed by atoms with E-state index in [1.165, 1.54) is 0 Å². The summed E-state index contributed by atoms with van der Waals surface area (Å²) in [6.07, 6.45) is -0.507. The van der Waals surface area contributed by atoms with Crippen molar-refractivity contribution >= 4 is 17.5 Å². The van der Waals surface area contributed by atoms with Gasteiger partial charge in [-0.2, -0.15) is 0 Å². The largest absolute Gasteiger partial charge is 0.495 e. The second kappa shape index (κ2) is 6.66. The van der Waals surface area contributed by atoms with E-state index in [4.69, 9.17) is 14.2 Å². The zero-order valence-corrected chi connectivity index (χ0v) is 14.5. The molecule has 1 fully saturated rings. The molecule has 0 atom stereocenters. The minimum atomic E-state index is -0.550. The molecule has 6 heteroatoms. The highest BCUT2D eigenvalue weighted by molar-refractivity contribution is 5.88. The van der Waals surface area contributed by atoms with Crippen LogP contribution in [0.1, 0.15) is 27.7 Å². The van der Waals surface area contributed by atoms with E-state index in [2.05, 4.69) is 17.6 Å². The summed E-state index contributed by atoms with van der Waals surface area (Å²) < 4.78 is 15.8. The number of amides is 1. The van der Waals surface area contributed by atoms with Gasteiger partial charge in [0.15, 0.2) is 0 Å². The van der Waals surface area contributed by atoms with E-state index in [0.717, 1.165) is 25.4 Å². The Morgan fingerprint density at radius 1 is 1.35 bits per heavy atom. The lowest BCUT2D eigenvalue weighted by Gasteiger charge is -2.38. The van der Waals surface area contributed by atoms with Gasteiger partial charge in [-0.25, -0.2) is 4.79 Å². The third-order valence-electron chi connectivity index (χ3n) is 3.46. The highest BCUT2D eigenvalue weighted by Gasteiger charge is 2.33. The highest BCUT2D eigenvalue weighted by Crippen LogP contribution is 2.31. The van der Waals surface area contributed by atoms with Crippen molar-refractivity contribution in [1.82, 2.24) is 0 Å². The number of nitrogens with one attached hydrogen (secondary N) is 2. The van der Waals surface area contributed by atoms with Crippen LogP contribution in [0.4, 0.5) is 16.2 Å². The van der Waals surface area contributed by atoms with Crippen LogP contribution in [0.5, 0.6) is 5.75 Å². The summed E-state index contributed by atoms with van der Waals surface area (Å²) in [6, 6.07) is 5.57. The Morgan fingerprint density at radius 2 is 2.04 bits per heavy atom. The van der Waals surface area contributed by atoms with E-state index in [-0.39, 0.29) is 5.41 Å². The van der Waals surface area contributed by atoms with Crippen molar-refractivity contribution in [3.8, 4) is 5.75 Å². The second-order valence-electron chi connectivity index (χ2n) is 7.20. The topological polar surface area (TPSA) is 68.8 Å². The molecule has 1 aromatic rings. The summed E-state index contributed by atoms with van der Waals surface area (Å²) >= 11 is 0. The molecule has 1 heterocycles. The van der Waals surface area contributed by atoms with Crippen LogP contribution in [0.2, 0.25) is 0 Å². The van der Waals surface area contributed by atoms with E-state index in [0.29, 0.717) is 11.4 Å². The first-order valence-corrected chi connectivity index (χ1v) is 7.70. The van der Waals surface area contributed by atoms with Gasteiger partial charge in [-0.15, -0.1) is 0 Å². The molecule has 0 unspecified atom stereocenters. The maximum Gasteiger partial charge on any atom is 0.412 e. The number of rotatable bonds is 5. The lowest BCUT2D eigenvalue weighted by atomic mass is 9.89. The third-order valence-corrected chi connectivity index (χ3v) is 3.46. The Kier molecular flexibility index (Phi) is 5.04. The smallest absolute Gasteiger partial charge is 0.412 e.